The smallest absolute Gasteiger partial charge is 0.243 e. The highest BCUT2D eigenvalue weighted by atomic mass is 35.5. The molecule has 1 saturated carbocycles. The number of rotatable bonds is 9. The zero-order chi connectivity index (χ0) is 25.5. The van der Waals surface area contributed by atoms with Crippen molar-refractivity contribution in [3.8, 4) is 11.5 Å². The SMILES string of the molecule is CC[C@H](C(=O)NC1CCCCC1)N(Cc1ccc(Cl)c(Cl)c1)C(=O)CCc1ccc2c(c1)OCCO2. The van der Waals surface area contributed by atoms with E-state index in [2.05, 4.69) is 5.32 Å². The molecule has 1 aliphatic carbocycles. The van der Waals surface area contributed by atoms with Gasteiger partial charge in [0.1, 0.15) is 19.3 Å². The van der Waals surface area contributed by atoms with Crippen LogP contribution in [0.15, 0.2) is 36.4 Å². The van der Waals surface area contributed by atoms with Crippen LogP contribution in [0.1, 0.15) is 63.0 Å². The lowest BCUT2D eigenvalue weighted by atomic mass is 9.95. The monoisotopic (exact) mass is 532 g/mol. The van der Waals surface area contributed by atoms with Gasteiger partial charge in [-0.2, -0.15) is 0 Å². The van der Waals surface area contributed by atoms with Crippen molar-refractivity contribution < 1.29 is 19.1 Å². The zero-order valence-corrected chi connectivity index (χ0v) is 22.2. The van der Waals surface area contributed by atoms with Gasteiger partial charge in [-0.05, 0) is 61.1 Å². The molecule has 0 unspecified atom stereocenters. The van der Waals surface area contributed by atoms with Gasteiger partial charge >= 0.3 is 0 Å². The van der Waals surface area contributed by atoms with E-state index in [0.29, 0.717) is 41.9 Å². The number of hydrogen-bond donors (Lipinski definition) is 1. The van der Waals surface area contributed by atoms with Crippen LogP contribution in [-0.2, 0) is 22.6 Å². The Morgan fingerprint density at radius 1 is 0.972 bits per heavy atom. The topological polar surface area (TPSA) is 67.9 Å². The second-order valence-electron chi connectivity index (χ2n) is 9.52. The third-order valence-corrected chi connectivity index (χ3v) is 7.65. The van der Waals surface area contributed by atoms with Crippen molar-refractivity contribution in [2.24, 2.45) is 0 Å². The van der Waals surface area contributed by atoms with Gasteiger partial charge in [-0.25, -0.2) is 0 Å². The highest BCUT2D eigenvalue weighted by Gasteiger charge is 2.30. The Bertz CT molecular complexity index is 1070. The van der Waals surface area contributed by atoms with Crippen LogP contribution < -0.4 is 14.8 Å². The Balaban J connectivity index is 1.49. The van der Waals surface area contributed by atoms with Crippen molar-refractivity contribution in [3.63, 3.8) is 0 Å². The fourth-order valence-corrected chi connectivity index (χ4v) is 5.26. The second kappa shape index (κ2) is 12.7. The Labute approximate surface area is 223 Å². The van der Waals surface area contributed by atoms with Crippen molar-refractivity contribution >= 4 is 35.0 Å². The molecule has 4 rings (SSSR count). The number of amides is 2. The third-order valence-electron chi connectivity index (χ3n) is 6.91. The van der Waals surface area contributed by atoms with E-state index in [0.717, 1.165) is 42.6 Å². The molecule has 0 saturated heterocycles. The molecule has 8 heteroatoms. The number of nitrogens with zero attached hydrogens (tertiary/aromatic N) is 1. The van der Waals surface area contributed by atoms with Gasteiger partial charge in [-0.3, -0.25) is 9.59 Å². The lowest BCUT2D eigenvalue weighted by Crippen LogP contribution is -2.51. The molecule has 36 heavy (non-hydrogen) atoms. The van der Waals surface area contributed by atoms with Gasteiger partial charge < -0.3 is 19.7 Å². The number of ether oxygens (including phenoxy) is 2. The molecule has 1 N–H and O–H groups in total. The first-order valence-corrected chi connectivity index (χ1v) is 13.6. The van der Waals surface area contributed by atoms with Gasteiger partial charge in [0.25, 0.3) is 0 Å². The maximum absolute atomic E-state index is 13.6. The summed E-state index contributed by atoms with van der Waals surface area (Å²) in [6.07, 6.45) is 6.79. The van der Waals surface area contributed by atoms with Crippen molar-refractivity contribution in [1.29, 1.82) is 0 Å². The van der Waals surface area contributed by atoms with E-state index in [1.54, 1.807) is 17.0 Å². The molecule has 2 aromatic carbocycles. The quantitative estimate of drug-likeness (QED) is 0.433. The third kappa shape index (κ3) is 6.86. The van der Waals surface area contributed by atoms with E-state index in [9.17, 15) is 9.59 Å². The average molecular weight is 533 g/mol. The van der Waals surface area contributed by atoms with Gasteiger partial charge in [0.15, 0.2) is 11.5 Å². The summed E-state index contributed by atoms with van der Waals surface area (Å²) in [5, 5.41) is 4.09. The average Bonchev–Trinajstić information content (AvgIpc) is 2.89. The number of hydrogen-bond acceptors (Lipinski definition) is 4. The number of halogens is 2. The molecular weight excluding hydrogens is 499 g/mol. The van der Waals surface area contributed by atoms with Crippen LogP contribution in [0.25, 0.3) is 0 Å². The van der Waals surface area contributed by atoms with Crippen LogP contribution in [0.5, 0.6) is 11.5 Å². The molecule has 0 bridgehead atoms. The molecule has 0 aromatic heterocycles. The molecule has 2 aromatic rings. The zero-order valence-electron chi connectivity index (χ0n) is 20.7. The lowest BCUT2D eigenvalue weighted by molar-refractivity contribution is -0.141. The summed E-state index contributed by atoms with van der Waals surface area (Å²) in [4.78, 5) is 28.6. The summed E-state index contributed by atoms with van der Waals surface area (Å²) >= 11 is 12.3. The number of carbonyl (C=O) groups excluding carboxylic acids is 2. The molecule has 1 fully saturated rings. The number of carbonyl (C=O) groups is 2. The normalized spacial score (nSPS) is 16.3. The number of fused-ring (bicyclic) bond motifs is 1. The van der Waals surface area contributed by atoms with E-state index in [4.69, 9.17) is 32.7 Å². The minimum Gasteiger partial charge on any atom is -0.486 e. The highest BCUT2D eigenvalue weighted by Crippen LogP contribution is 2.31. The number of aryl methyl sites for hydroxylation is 1. The van der Waals surface area contributed by atoms with Crippen molar-refractivity contribution in [2.45, 2.75) is 76.9 Å². The van der Waals surface area contributed by atoms with Crippen LogP contribution in [-0.4, -0.2) is 42.0 Å². The molecular formula is C28H34Cl2N2O4. The largest absolute Gasteiger partial charge is 0.486 e. The summed E-state index contributed by atoms with van der Waals surface area (Å²) in [7, 11) is 0. The molecule has 0 radical (unpaired) electrons. The van der Waals surface area contributed by atoms with Gasteiger partial charge in [0.2, 0.25) is 11.8 Å². The molecule has 194 valence electrons. The number of nitrogens with one attached hydrogen (secondary N) is 1. The fourth-order valence-electron chi connectivity index (χ4n) is 4.94. The Morgan fingerprint density at radius 3 is 2.42 bits per heavy atom. The van der Waals surface area contributed by atoms with Crippen molar-refractivity contribution in [1.82, 2.24) is 10.2 Å². The predicted molar refractivity (Wildman–Crippen MR) is 142 cm³/mol. The minimum absolute atomic E-state index is 0.0818. The van der Waals surface area contributed by atoms with Gasteiger partial charge in [-0.15, -0.1) is 0 Å². The Hall–Kier alpha value is -2.44. The van der Waals surface area contributed by atoms with E-state index in [1.807, 2.05) is 31.2 Å². The molecule has 2 amide bonds. The van der Waals surface area contributed by atoms with E-state index < -0.39 is 6.04 Å². The summed E-state index contributed by atoms with van der Waals surface area (Å²) in [6.45, 7) is 3.28. The van der Waals surface area contributed by atoms with Crippen LogP contribution in [0.4, 0.5) is 0 Å². The Morgan fingerprint density at radius 2 is 1.69 bits per heavy atom. The molecule has 0 spiro atoms. The first-order valence-electron chi connectivity index (χ1n) is 12.9. The highest BCUT2D eigenvalue weighted by molar-refractivity contribution is 6.42. The molecule has 1 atom stereocenters. The summed E-state index contributed by atoms with van der Waals surface area (Å²) in [6, 6.07) is 10.7. The van der Waals surface area contributed by atoms with Gasteiger partial charge in [0, 0.05) is 19.0 Å². The molecule has 1 aliphatic heterocycles. The van der Waals surface area contributed by atoms with E-state index in [-0.39, 0.29) is 30.8 Å². The summed E-state index contributed by atoms with van der Waals surface area (Å²) in [5.41, 5.74) is 1.82. The number of benzene rings is 2. The second-order valence-corrected chi connectivity index (χ2v) is 10.3. The maximum atomic E-state index is 13.6. The lowest BCUT2D eigenvalue weighted by Gasteiger charge is -2.33. The van der Waals surface area contributed by atoms with Crippen molar-refractivity contribution in [2.75, 3.05) is 13.2 Å². The van der Waals surface area contributed by atoms with Gasteiger partial charge in [0.05, 0.1) is 10.0 Å². The molecule has 1 heterocycles. The standard InChI is InChI=1S/C28H34Cl2N2O4/c1-2-24(28(34)31-21-6-4-3-5-7-21)32(18-20-8-11-22(29)23(30)16-20)27(33)13-10-19-9-12-25-26(17-19)36-15-14-35-25/h8-9,11-12,16-17,21,24H,2-7,10,13-15,18H2,1H3,(H,31,34)/t24-/m1/s1. The first-order chi connectivity index (χ1) is 17.4. The molecule has 6 nitrogen and oxygen atoms in total. The summed E-state index contributed by atoms with van der Waals surface area (Å²) < 4.78 is 11.3. The van der Waals surface area contributed by atoms with Crippen molar-refractivity contribution in [3.05, 3.63) is 57.6 Å². The van der Waals surface area contributed by atoms with Gasteiger partial charge in [-0.1, -0.05) is 61.5 Å². The summed E-state index contributed by atoms with van der Waals surface area (Å²) in [5.74, 6) is 1.26. The Kier molecular flexibility index (Phi) is 9.38. The first kappa shape index (κ1) is 26.6. The van der Waals surface area contributed by atoms with Crippen LogP contribution in [0.3, 0.4) is 0 Å². The van der Waals surface area contributed by atoms with Crippen LogP contribution in [0, 0.1) is 0 Å². The van der Waals surface area contributed by atoms with E-state index >= 15 is 0 Å². The van der Waals surface area contributed by atoms with Crippen LogP contribution >= 0.6 is 23.2 Å². The maximum Gasteiger partial charge on any atom is 0.243 e. The fraction of sp³-hybridized carbons (Fsp3) is 0.500. The minimum atomic E-state index is -0.561. The van der Waals surface area contributed by atoms with Crippen LogP contribution in [0.2, 0.25) is 10.0 Å². The van der Waals surface area contributed by atoms with E-state index in [1.165, 1.54) is 6.42 Å². The predicted octanol–water partition coefficient (Wildman–Crippen LogP) is 5.95. The molecule has 2 aliphatic rings.